The molecule has 3 fully saturated rings. The zero-order valence-electron chi connectivity index (χ0n) is 22.1. The van der Waals surface area contributed by atoms with Gasteiger partial charge in [0, 0.05) is 13.1 Å². The maximum atomic E-state index is 14.0. The van der Waals surface area contributed by atoms with E-state index in [2.05, 4.69) is 19.9 Å². The number of hydrogen-bond donors (Lipinski definition) is 1. The molecule has 2 aromatic heterocycles. The lowest BCUT2D eigenvalue weighted by molar-refractivity contribution is -0.177. The van der Waals surface area contributed by atoms with E-state index in [1.807, 2.05) is 18.7 Å². The molecule has 3 atom stereocenters. The number of alkyl halides is 3. The van der Waals surface area contributed by atoms with Gasteiger partial charge in [0.15, 0.2) is 0 Å². The molecule has 1 aliphatic carbocycles. The first-order chi connectivity index (χ1) is 18.6. The highest BCUT2D eigenvalue weighted by Crippen LogP contribution is 2.54. The molecule has 4 aliphatic rings. The lowest BCUT2D eigenvalue weighted by Gasteiger charge is -2.35. The lowest BCUT2D eigenvalue weighted by atomic mass is 9.80. The van der Waals surface area contributed by atoms with Crippen molar-refractivity contribution < 1.29 is 22.7 Å². The normalized spacial score (nSPS) is 27.1. The van der Waals surface area contributed by atoms with Crippen LogP contribution >= 0.6 is 0 Å². The van der Waals surface area contributed by atoms with Crippen molar-refractivity contribution in [3.8, 4) is 0 Å². The van der Waals surface area contributed by atoms with E-state index in [1.54, 1.807) is 12.4 Å². The zero-order chi connectivity index (χ0) is 27.5. The van der Waals surface area contributed by atoms with Gasteiger partial charge in [-0.25, -0.2) is 19.9 Å². The second-order valence-electron chi connectivity index (χ2n) is 11.2. The minimum atomic E-state index is -4.33. The van der Waals surface area contributed by atoms with Crippen LogP contribution in [0.2, 0.25) is 0 Å². The summed E-state index contributed by atoms with van der Waals surface area (Å²) in [5.74, 6) is 1.04. The second-order valence-corrected chi connectivity index (χ2v) is 11.2. The van der Waals surface area contributed by atoms with Crippen LogP contribution in [0.5, 0.6) is 0 Å². The van der Waals surface area contributed by atoms with Crippen molar-refractivity contribution in [1.82, 2.24) is 24.8 Å². The van der Waals surface area contributed by atoms with Crippen molar-refractivity contribution in [1.29, 1.82) is 0 Å². The molecule has 2 aromatic rings. The minimum Gasteiger partial charge on any atom is -0.383 e. The predicted molar refractivity (Wildman–Crippen MR) is 137 cm³/mol. The monoisotopic (exact) mass is 546 g/mol. The highest BCUT2D eigenvalue weighted by Gasteiger charge is 2.55. The van der Waals surface area contributed by atoms with Gasteiger partial charge in [-0.2, -0.15) is 13.2 Å². The lowest BCUT2D eigenvalue weighted by Crippen LogP contribution is -2.46. The van der Waals surface area contributed by atoms with E-state index in [1.165, 1.54) is 9.80 Å². The summed E-state index contributed by atoms with van der Waals surface area (Å²) in [4.78, 5) is 37.1. The van der Waals surface area contributed by atoms with E-state index in [0.29, 0.717) is 61.9 Å². The van der Waals surface area contributed by atoms with Crippen molar-refractivity contribution in [3.05, 3.63) is 23.8 Å². The summed E-state index contributed by atoms with van der Waals surface area (Å²) in [7, 11) is 0. The number of nitrogens with zero attached hydrogens (tertiary/aromatic N) is 7. The number of amides is 1. The largest absolute Gasteiger partial charge is 0.404 e. The smallest absolute Gasteiger partial charge is 0.383 e. The van der Waals surface area contributed by atoms with E-state index >= 15 is 0 Å². The Hall–Kier alpha value is -3.06. The van der Waals surface area contributed by atoms with Crippen LogP contribution in [0.25, 0.3) is 0 Å². The highest BCUT2D eigenvalue weighted by atomic mass is 19.4. The summed E-state index contributed by atoms with van der Waals surface area (Å²) >= 11 is 0. The van der Waals surface area contributed by atoms with Crippen molar-refractivity contribution in [2.45, 2.75) is 88.8 Å². The van der Waals surface area contributed by atoms with Gasteiger partial charge in [0.1, 0.15) is 23.5 Å². The average molecular weight is 547 g/mol. The van der Waals surface area contributed by atoms with Gasteiger partial charge in [-0.05, 0) is 46.1 Å². The van der Waals surface area contributed by atoms with Crippen molar-refractivity contribution >= 4 is 29.2 Å². The number of ether oxygens (including phenoxy) is 1. The molecule has 2 N–H and O–H groups in total. The quantitative estimate of drug-likeness (QED) is 0.616. The van der Waals surface area contributed by atoms with Crippen molar-refractivity contribution in [2.24, 2.45) is 0 Å². The van der Waals surface area contributed by atoms with Gasteiger partial charge in [0.2, 0.25) is 11.9 Å². The van der Waals surface area contributed by atoms with Gasteiger partial charge in [-0.3, -0.25) is 14.6 Å². The zero-order valence-corrected chi connectivity index (χ0v) is 22.1. The van der Waals surface area contributed by atoms with E-state index in [0.717, 1.165) is 12.8 Å². The van der Waals surface area contributed by atoms with Crippen LogP contribution in [0.3, 0.4) is 0 Å². The molecule has 1 spiro atoms. The fraction of sp³-hybridized carbons (Fsp3) is 0.654. The third-order valence-corrected chi connectivity index (χ3v) is 8.40. The van der Waals surface area contributed by atoms with E-state index in [4.69, 9.17) is 10.5 Å². The summed E-state index contributed by atoms with van der Waals surface area (Å²) < 4.78 is 46.5. The highest BCUT2D eigenvalue weighted by molar-refractivity contribution is 6.13. The van der Waals surface area contributed by atoms with Crippen LogP contribution in [0.1, 0.15) is 63.8 Å². The first kappa shape index (κ1) is 26.2. The Morgan fingerprint density at radius 3 is 2.38 bits per heavy atom. The molecule has 0 unspecified atom stereocenters. The fourth-order valence-electron chi connectivity index (χ4n) is 6.81. The number of aromatic nitrogens is 4. The Labute approximate surface area is 224 Å². The third-order valence-electron chi connectivity index (χ3n) is 8.40. The van der Waals surface area contributed by atoms with Crippen molar-refractivity contribution in [2.75, 3.05) is 35.2 Å². The summed E-state index contributed by atoms with van der Waals surface area (Å²) in [6, 6.07) is -1.54. The van der Waals surface area contributed by atoms with E-state index in [9.17, 15) is 18.0 Å². The molecule has 3 aliphatic heterocycles. The molecule has 0 aromatic carbocycles. The fourth-order valence-corrected chi connectivity index (χ4v) is 6.81. The molecule has 6 rings (SSSR count). The molecule has 1 amide bonds. The number of anilines is 4. The summed E-state index contributed by atoms with van der Waals surface area (Å²) in [6.45, 7) is 5.50. The number of rotatable bonds is 4. The second kappa shape index (κ2) is 9.54. The van der Waals surface area contributed by atoms with Crippen LogP contribution in [0.15, 0.2) is 12.4 Å². The van der Waals surface area contributed by atoms with Gasteiger partial charge in [0.25, 0.3) is 0 Å². The summed E-state index contributed by atoms with van der Waals surface area (Å²) in [5.41, 5.74) is 6.63. The number of hydrogen-bond acceptors (Lipinski definition) is 9. The maximum Gasteiger partial charge on any atom is 0.404 e. The van der Waals surface area contributed by atoms with Gasteiger partial charge in [0.05, 0.1) is 47.8 Å². The number of fused-ring (bicyclic) bond motifs is 2. The molecule has 0 bridgehead atoms. The number of halogens is 3. The van der Waals surface area contributed by atoms with Crippen LogP contribution in [-0.4, -0.2) is 74.8 Å². The average Bonchev–Trinajstić information content (AvgIpc) is 3.59. The Morgan fingerprint density at radius 2 is 1.74 bits per heavy atom. The molecule has 39 heavy (non-hydrogen) atoms. The molecule has 210 valence electrons. The van der Waals surface area contributed by atoms with Gasteiger partial charge in [-0.15, -0.1) is 0 Å². The van der Waals surface area contributed by atoms with Gasteiger partial charge >= 0.3 is 6.18 Å². The molecule has 5 heterocycles. The van der Waals surface area contributed by atoms with Gasteiger partial charge in [-0.1, -0.05) is 12.8 Å². The Bertz CT molecular complexity index is 1240. The van der Waals surface area contributed by atoms with Crippen LogP contribution in [0.4, 0.5) is 36.4 Å². The van der Waals surface area contributed by atoms with Crippen LogP contribution < -0.4 is 15.5 Å². The molecule has 13 heteroatoms. The minimum absolute atomic E-state index is 0.0388. The first-order valence-corrected chi connectivity index (χ1v) is 13.6. The number of likely N-dealkylation sites (tertiary alicyclic amines) is 1. The number of nitrogen functional groups attached to an aromatic ring is 1. The standard InChI is InChI=1S/C26H33F3N8O2/c1-15-12-36(13-16(2)39-15)24-31-10-17(11-32-24)37-22-20(25(23(37)38)7-3-4-8-25)21(30)33-19(34-22)14-35-9-5-6-18(35)26(27,28)29/h10-11,15-16,18H,3-9,12-14H2,1-2H3,(H2,30,33,34)/t15-,16+,18-/m1/s1. The maximum absolute atomic E-state index is 14.0. The number of morpholine rings is 1. The summed E-state index contributed by atoms with van der Waals surface area (Å²) in [5, 5.41) is 0. The SMILES string of the molecule is C[C@@H]1CN(c2ncc(N3C(=O)C4(CCCC4)c4c(N)nc(CN5CCC[C@@H]5C(F)(F)F)nc43)cn2)C[C@H](C)O1. The summed E-state index contributed by atoms with van der Waals surface area (Å²) in [6.07, 6.45) is 2.40. The van der Waals surface area contributed by atoms with Crippen LogP contribution in [0, 0.1) is 0 Å². The van der Waals surface area contributed by atoms with E-state index in [-0.39, 0.29) is 42.7 Å². The molecule has 1 saturated carbocycles. The third kappa shape index (κ3) is 4.48. The Morgan fingerprint density at radius 1 is 1.08 bits per heavy atom. The topological polar surface area (TPSA) is 114 Å². The Kier molecular flexibility index (Phi) is 6.41. The molecule has 10 nitrogen and oxygen atoms in total. The van der Waals surface area contributed by atoms with Crippen LogP contribution in [-0.2, 0) is 21.5 Å². The molecule has 0 radical (unpaired) electrons. The molecular weight excluding hydrogens is 513 g/mol. The molecule has 2 saturated heterocycles. The number of carbonyl (C=O) groups is 1. The Balaban J connectivity index is 1.35. The number of nitrogens with two attached hydrogens (primary N) is 1. The van der Waals surface area contributed by atoms with Gasteiger partial charge < -0.3 is 15.4 Å². The van der Waals surface area contributed by atoms with Crippen molar-refractivity contribution in [3.63, 3.8) is 0 Å². The first-order valence-electron chi connectivity index (χ1n) is 13.6. The predicted octanol–water partition coefficient (Wildman–Crippen LogP) is 3.48. The number of carbonyl (C=O) groups excluding carboxylic acids is 1. The molecular formula is C26H33F3N8O2. The van der Waals surface area contributed by atoms with E-state index < -0.39 is 17.6 Å².